The zero-order chi connectivity index (χ0) is 15.3. The van der Waals surface area contributed by atoms with Gasteiger partial charge in [-0.25, -0.2) is 4.79 Å². The second-order valence-corrected chi connectivity index (χ2v) is 4.44. The summed E-state index contributed by atoms with van der Waals surface area (Å²) in [6.45, 7) is 1.80. The van der Waals surface area contributed by atoms with Gasteiger partial charge in [0.1, 0.15) is 6.04 Å². The van der Waals surface area contributed by atoms with E-state index in [1.54, 1.807) is 19.1 Å². The van der Waals surface area contributed by atoms with Crippen LogP contribution in [0.4, 0.5) is 5.69 Å². The van der Waals surface area contributed by atoms with Gasteiger partial charge in [0.05, 0.1) is 0 Å². The van der Waals surface area contributed by atoms with Gasteiger partial charge in [-0.15, -0.1) is 0 Å². The second kappa shape index (κ2) is 6.55. The third-order valence-electron chi connectivity index (χ3n) is 2.82. The molecule has 0 bridgehead atoms. The summed E-state index contributed by atoms with van der Waals surface area (Å²) in [4.78, 5) is 33.6. The molecule has 1 atom stereocenters. The fourth-order valence-electron chi connectivity index (χ4n) is 1.57. The first-order chi connectivity index (χ1) is 9.31. The number of carboxylic acids is 1. The highest BCUT2D eigenvalue weighted by Gasteiger charge is 2.21. The Kier molecular flexibility index (Phi) is 5.08. The van der Waals surface area contributed by atoms with Gasteiger partial charge in [-0.1, -0.05) is 6.07 Å². The SMILES string of the molecule is Cc1ccc(C(=O)N[C@@H](CCC(N)=O)C(=O)O)cc1N. The highest BCUT2D eigenvalue weighted by Crippen LogP contribution is 2.13. The van der Waals surface area contributed by atoms with Crippen LogP contribution in [0.5, 0.6) is 0 Å². The van der Waals surface area contributed by atoms with E-state index in [0.717, 1.165) is 5.56 Å². The minimum atomic E-state index is -1.22. The molecule has 2 amide bonds. The Morgan fingerprint density at radius 3 is 2.50 bits per heavy atom. The number of carboxylic acid groups (broad SMARTS) is 1. The van der Waals surface area contributed by atoms with Crippen LogP contribution in [0.3, 0.4) is 0 Å². The summed E-state index contributed by atoms with van der Waals surface area (Å²) in [6, 6.07) is 3.52. The van der Waals surface area contributed by atoms with Crippen LogP contribution in [0.25, 0.3) is 0 Å². The number of rotatable bonds is 6. The van der Waals surface area contributed by atoms with E-state index < -0.39 is 23.8 Å². The van der Waals surface area contributed by atoms with Gasteiger partial charge in [0.15, 0.2) is 0 Å². The number of nitrogens with one attached hydrogen (secondary N) is 1. The van der Waals surface area contributed by atoms with Crippen molar-refractivity contribution < 1.29 is 19.5 Å². The monoisotopic (exact) mass is 279 g/mol. The standard InChI is InChI=1S/C13H17N3O4/c1-7-2-3-8(6-9(7)14)12(18)16-10(13(19)20)4-5-11(15)17/h2-3,6,10H,4-5,14H2,1H3,(H2,15,17)(H,16,18)(H,19,20)/t10-/m0/s1. The van der Waals surface area contributed by atoms with Crippen molar-refractivity contribution in [2.24, 2.45) is 5.73 Å². The largest absolute Gasteiger partial charge is 0.480 e. The number of aliphatic carboxylic acids is 1. The zero-order valence-corrected chi connectivity index (χ0v) is 11.1. The molecule has 0 fully saturated rings. The van der Waals surface area contributed by atoms with E-state index in [1.807, 2.05) is 0 Å². The normalized spacial score (nSPS) is 11.7. The number of nitrogen functional groups attached to an aromatic ring is 1. The summed E-state index contributed by atoms with van der Waals surface area (Å²) in [5.41, 5.74) is 12.2. The lowest BCUT2D eigenvalue weighted by Crippen LogP contribution is -2.41. The maximum absolute atomic E-state index is 11.9. The number of nitrogens with two attached hydrogens (primary N) is 2. The van der Waals surface area contributed by atoms with Crippen LogP contribution in [0.15, 0.2) is 18.2 Å². The van der Waals surface area contributed by atoms with Crippen molar-refractivity contribution in [3.8, 4) is 0 Å². The minimum absolute atomic E-state index is 0.0578. The molecule has 0 aromatic heterocycles. The quantitative estimate of drug-likeness (QED) is 0.544. The number of hydrogen-bond acceptors (Lipinski definition) is 4. The number of carbonyl (C=O) groups is 3. The molecule has 6 N–H and O–H groups in total. The number of anilines is 1. The van der Waals surface area contributed by atoms with Crippen LogP contribution in [0, 0.1) is 6.92 Å². The fraction of sp³-hybridized carbons (Fsp3) is 0.308. The van der Waals surface area contributed by atoms with Gasteiger partial charge < -0.3 is 21.9 Å². The maximum Gasteiger partial charge on any atom is 0.326 e. The molecule has 0 saturated heterocycles. The lowest BCUT2D eigenvalue weighted by molar-refractivity contribution is -0.139. The number of benzene rings is 1. The van der Waals surface area contributed by atoms with Crippen LogP contribution in [0.2, 0.25) is 0 Å². The second-order valence-electron chi connectivity index (χ2n) is 4.44. The molecule has 0 aliphatic heterocycles. The lowest BCUT2D eigenvalue weighted by Gasteiger charge is -2.14. The molecule has 0 unspecified atom stereocenters. The summed E-state index contributed by atoms with van der Waals surface area (Å²) in [6.07, 6.45) is -0.176. The summed E-state index contributed by atoms with van der Waals surface area (Å²) in [5, 5.41) is 11.3. The van der Waals surface area contributed by atoms with E-state index in [-0.39, 0.29) is 18.4 Å². The van der Waals surface area contributed by atoms with E-state index in [1.165, 1.54) is 6.07 Å². The van der Waals surface area contributed by atoms with Gasteiger partial charge in [-0.05, 0) is 31.0 Å². The van der Waals surface area contributed by atoms with Gasteiger partial charge in [-0.3, -0.25) is 9.59 Å². The highest BCUT2D eigenvalue weighted by atomic mass is 16.4. The highest BCUT2D eigenvalue weighted by molar-refractivity contribution is 5.97. The van der Waals surface area contributed by atoms with Crippen molar-refractivity contribution in [2.45, 2.75) is 25.8 Å². The number of carbonyl (C=O) groups excluding carboxylic acids is 2. The van der Waals surface area contributed by atoms with Crippen LogP contribution < -0.4 is 16.8 Å². The summed E-state index contributed by atoms with van der Waals surface area (Å²) in [7, 11) is 0. The molecule has 108 valence electrons. The third kappa shape index (κ3) is 4.27. The first-order valence-corrected chi connectivity index (χ1v) is 5.99. The molecule has 1 aromatic carbocycles. The Hall–Kier alpha value is -2.57. The van der Waals surface area contributed by atoms with E-state index in [0.29, 0.717) is 5.69 Å². The Balaban J connectivity index is 2.77. The number of hydrogen-bond donors (Lipinski definition) is 4. The number of aryl methyl sites for hydroxylation is 1. The molecule has 1 rings (SSSR count). The van der Waals surface area contributed by atoms with Gasteiger partial charge in [0.2, 0.25) is 5.91 Å². The van der Waals surface area contributed by atoms with E-state index in [2.05, 4.69) is 5.32 Å². The van der Waals surface area contributed by atoms with Gasteiger partial charge in [0.25, 0.3) is 5.91 Å². The van der Waals surface area contributed by atoms with Crippen molar-refractivity contribution in [3.05, 3.63) is 29.3 Å². The van der Waals surface area contributed by atoms with E-state index >= 15 is 0 Å². The Morgan fingerprint density at radius 2 is 2.00 bits per heavy atom. The Labute approximate surface area is 115 Å². The van der Waals surface area contributed by atoms with Crippen molar-refractivity contribution in [2.75, 3.05) is 5.73 Å². The molecule has 0 aliphatic carbocycles. The fourth-order valence-corrected chi connectivity index (χ4v) is 1.57. The van der Waals surface area contributed by atoms with Gasteiger partial charge in [0, 0.05) is 17.7 Å². The Morgan fingerprint density at radius 1 is 1.35 bits per heavy atom. The molecule has 1 aromatic rings. The summed E-state index contributed by atoms with van der Waals surface area (Å²) in [5.74, 6) is -2.40. The van der Waals surface area contributed by atoms with Gasteiger partial charge >= 0.3 is 5.97 Å². The average molecular weight is 279 g/mol. The van der Waals surface area contributed by atoms with Crippen LogP contribution in [-0.2, 0) is 9.59 Å². The molecule has 0 heterocycles. The van der Waals surface area contributed by atoms with Crippen molar-refractivity contribution >= 4 is 23.5 Å². The van der Waals surface area contributed by atoms with Crippen LogP contribution in [-0.4, -0.2) is 28.9 Å². The van der Waals surface area contributed by atoms with Crippen molar-refractivity contribution in [1.82, 2.24) is 5.32 Å². The smallest absolute Gasteiger partial charge is 0.326 e. The molecule has 0 spiro atoms. The summed E-state index contributed by atoms with van der Waals surface area (Å²) >= 11 is 0. The van der Waals surface area contributed by atoms with Crippen LogP contribution >= 0.6 is 0 Å². The topological polar surface area (TPSA) is 136 Å². The predicted molar refractivity (Wildman–Crippen MR) is 72.9 cm³/mol. The Bertz CT molecular complexity index is 542. The first-order valence-electron chi connectivity index (χ1n) is 5.99. The molecule has 0 aliphatic rings. The van der Waals surface area contributed by atoms with E-state index in [9.17, 15) is 14.4 Å². The molecule has 0 radical (unpaired) electrons. The molecule has 20 heavy (non-hydrogen) atoms. The van der Waals surface area contributed by atoms with Crippen LogP contribution in [0.1, 0.15) is 28.8 Å². The summed E-state index contributed by atoms with van der Waals surface area (Å²) < 4.78 is 0. The zero-order valence-electron chi connectivity index (χ0n) is 11.1. The lowest BCUT2D eigenvalue weighted by atomic mass is 10.1. The molecular weight excluding hydrogens is 262 g/mol. The molecule has 0 saturated carbocycles. The third-order valence-corrected chi connectivity index (χ3v) is 2.82. The average Bonchev–Trinajstić information content (AvgIpc) is 2.36. The molecule has 7 heteroatoms. The first kappa shape index (κ1) is 15.5. The van der Waals surface area contributed by atoms with Crippen molar-refractivity contribution in [1.29, 1.82) is 0 Å². The predicted octanol–water partition coefficient (Wildman–Crippen LogP) is 0.0257. The number of primary amides is 1. The minimum Gasteiger partial charge on any atom is -0.480 e. The van der Waals surface area contributed by atoms with Crippen molar-refractivity contribution in [3.63, 3.8) is 0 Å². The molecular formula is C13H17N3O4. The molecule has 7 nitrogen and oxygen atoms in total. The van der Waals surface area contributed by atoms with E-state index in [4.69, 9.17) is 16.6 Å². The maximum atomic E-state index is 11.9. The number of amides is 2. The van der Waals surface area contributed by atoms with Gasteiger partial charge in [-0.2, -0.15) is 0 Å².